The van der Waals surface area contributed by atoms with Crippen LogP contribution in [0.4, 0.5) is 0 Å². The van der Waals surface area contributed by atoms with Gasteiger partial charge in [-0.2, -0.15) is 0 Å². The highest BCUT2D eigenvalue weighted by Gasteiger charge is 2.30. The normalized spacial score (nSPS) is 22.2. The summed E-state index contributed by atoms with van der Waals surface area (Å²) in [5, 5.41) is 3.52. The largest absolute Gasteiger partial charge is 0.459 e. The number of piperazine rings is 1. The minimum absolute atomic E-state index is 0.0212. The second-order valence-electron chi connectivity index (χ2n) is 5.58. The van der Waals surface area contributed by atoms with E-state index in [1.165, 1.54) is 5.56 Å². The van der Waals surface area contributed by atoms with Crippen LogP contribution in [0.15, 0.2) is 53.1 Å². The molecule has 2 aromatic rings. The maximum Gasteiger partial charge on any atom is 0.289 e. The van der Waals surface area contributed by atoms with Crippen molar-refractivity contribution < 1.29 is 9.21 Å². The molecule has 1 N–H and O–H groups in total. The van der Waals surface area contributed by atoms with Crippen LogP contribution in [0.2, 0.25) is 0 Å². The molecule has 0 spiro atoms. The molecule has 1 aliphatic heterocycles. The molecular weight excluding hydrogens is 264 g/mol. The van der Waals surface area contributed by atoms with Crippen molar-refractivity contribution in [2.24, 2.45) is 0 Å². The topological polar surface area (TPSA) is 45.5 Å². The van der Waals surface area contributed by atoms with Crippen molar-refractivity contribution in [1.29, 1.82) is 0 Å². The first-order chi connectivity index (χ1) is 10.2. The van der Waals surface area contributed by atoms with Gasteiger partial charge in [0.1, 0.15) is 0 Å². The van der Waals surface area contributed by atoms with E-state index in [4.69, 9.17) is 4.42 Å². The van der Waals surface area contributed by atoms with Gasteiger partial charge >= 0.3 is 0 Å². The highest BCUT2D eigenvalue weighted by atomic mass is 16.3. The van der Waals surface area contributed by atoms with Crippen LogP contribution < -0.4 is 5.32 Å². The minimum Gasteiger partial charge on any atom is -0.459 e. The van der Waals surface area contributed by atoms with Crippen LogP contribution in [0.5, 0.6) is 0 Å². The fraction of sp³-hybridized carbons (Fsp3) is 0.353. The van der Waals surface area contributed by atoms with Gasteiger partial charge in [-0.1, -0.05) is 30.3 Å². The average Bonchev–Trinajstić information content (AvgIpc) is 3.04. The van der Waals surface area contributed by atoms with Crippen LogP contribution in [0.25, 0.3) is 0 Å². The Labute approximate surface area is 124 Å². The lowest BCUT2D eigenvalue weighted by Crippen LogP contribution is -2.57. The second-order valence-corrected chi connectivity index (χ2v) is 5.58. The van der Waals surface area contributed by atoms with Gasteiger partial charge in [0.15, 0.2) is 5.76 Å². The quantitative estimate of drug-likeness (QED) is 0.941. The van der Waals surface area contributed by atoms with Crippen LogP contribution >= 0.6 is 0 Å². The van der Waals surface area contributed by atoms with Crippen LogP contribution in [0, 0.1) is 0 Å². The molecule has 21 heavy (non-hydrogen) atoms. The molecule has 4 heteroatoms. The summed E-state index contributed by atoms with van der Waals surface area (Å²) in [6.07, 6.45) is 2.47. The summed E-state index contributed by atoms with van der Waals surface area (Å²) in [6.45, 7) is 3.58. The summed E-state index contributed by atoms with van der Waals surface area (Å²) in [7, 11) is 0. The summed E-state index contributed by atoms with van der Waals surface area (Å²) >= 11 is 0. The van der Waals surface area contributed by atoms with Gasteiger partial charge in [-0.25, -0.2) is 0 Å². The van der Waals surface area contributed by atoms with Gasteiger partial charge in [-0.15, -0.1) is 0 Å². The summed E-state index contributed by atoms with van der Waals surface area (Å²) in [5.74, 6) is 0.397. The van der Waals surface area contributed by atoms with Crippen molar-refractivity contribution in [1.82, 2.24) is 10.2 Å². The molecule has 1 amide bonds. The molecule has 0 radical (unpaired) electrons. The monoisotopic (exact) mass is 284 g/mol. The predicted octanol–water partition coefficient (Wildman–Crippen LogP) is 2.32. The number of nitrogens with zero attached hydrogens (tertiary/aromatic N) is 1. The molecule has 4 nitrogen and oxygen atoms in total. The number of hydrogen-bond donors (Lipinski definition) is 1. The average molecular weight is 284 g/mol. The van der Waals surface area contributed by atoms with Crippen molar-refractivity contribution in [2.75, 3.05) is 13.1 Å². The minimum atomic E-state index is -0.0212. The molecule has 1 aliphatic rings. The molecule has 3 rings (SSSR count). The van der Waals surface area contributed by atoms with E-state index in [9.17, 15) is 4.79 Å². The third-order valence-electron chi connectivity index (χ3n) is 3.97. The fourth-order valence-electron chi connectivity index (χ4n) is 2.79. The Morgan fingerprint density at radius 3 is 2.81 bits per heavy atom. The molecule has 2 unspecified atom stereocenters. The molecule has 1 aromatic heterocycles. The molecule has 1 aromatic carbocycles. The number of furan rings is 1. The smallest absolute Gasteiger partial charge is 0.289 e. The second kappa shape index (κ2) is 6.14. The van der Waals surface area contributed by atoms with E-state index < -0.39 is 0 Å². The van der Waals surface area contributed by atoms with E-state index in [0.717, 1.165) is 13.0 Å². The summed E-state index contributed by atoms with van der Waals surface area (Å²) < 4.78 is 5.24. The lowest BCUT2D eigenvalue weighted by atomic mass is 10.0. The molecule has 1 fully saturated rings. The Balaban J connectivity index is 1.68. The van der Waals surface area contributed by atoms with Crippen molar-refractivity contribution in [3.05, 3.63) is 60.1 Å². The summed E-state index contributed by atoms with van der Waals surface area (Å²) in [4.78, 5) is 14.4. The highest BCUT2D eigenvalue weighted by Crippen LogP contribution is 2.15. The molecule has 2 heterocycles. The predicted molar refractivity (Wildman–Crippen MR) is 81.1 cm³/mol. The Kier molecular flexibility index (Phi) is 4.06. The number of rotatable bonds is 3. The van der Waals surface area contributed by atoms with E-state index in [1.807, 2.05) is 23.1 Å². The number of benzene rings is 1. The molecule has 1 saturated heterocycles. The molecule has 2 atom stereocenters. The third kappa shape index (κ3) is 3.16. The van der Waals surface area contributed by atoms with Crippen LogP contribution in [0.3, 0.4) is 0 Å². The Morgan fingerprint density at radius 1 is 1.29 bits per heavy atom. The van der Waals surface area contributed by atoms with Crippen LogP contribution in [-0.4, -0.2) is 36.0 Å². The lowest BCUT2D eigenvalue weighted by molar-refractivity contribution is 0.0575. The van der Waals surface area contributed by atoms with E-state index >= 15 is 0 Å². The first-order valence-corrected chi connectivity index (χ1v) is 7.36. The number of carbonyl (C=O) groups excluding carboxylic acids is 1. The molecule has 0 saturated carbocycles. The number of carbonyl (C=O) groups is 1. The van der Waals surface area contributed by atoms with Crippen molar-refractivity contribution in [2.45, 2.75) is 25.4 Å². The van der Waals surface area contributed by atoms with Gasteiger partial charge in [-0.3, -0.25) is 4.79 Å². The number of hydrogen-bond acceptors (Lipinski definition) is 3. The zero-order valence-electron chi connectivity index (χ0n) is 12.2. The SMILES string of the molecule is CC1CNC(Cc2ccccc2)CN1C(=O)c1ccco1. The van der Waals surface area contributed by atoms with Gasteiger partial charge in [0.2, 0.25) is 0 Å². The Hall–Kier alpha value is -2.07. The Bertz CT molecular complexity index is 580. The van der Waals surface area contributed by atoms with E-state index in [1.54, 1.807) is 18.4 Å². The van der Waals surface area contributed by atoms with Crippen molar-refractivity contribution in [3.8, 4) is 0 Å². The first kappa shape index (κ1) is 13.9. The maximum absolute atomic E-state index is 12.5. The van der Waals surface area contributed by atoms with Gasteiger partial charge < -0.3 is 14.6 Å². The van der Waals surface area contributed by atoms with Crippen molar-refractivity contribution >= 4 is 5.91 Å². The van der Waals surface area contributed by atoms with Gasteiger partial charge in [0.05, 0.1) is 6.26 Å². The number of amides is 1. The standard InChI is InChI=1S/C17H20N2O2/c1-13-11-18-15(10-14-6-3-2-4-7-14)12-19(13)17(20)16-8-5-9-21-16/h2-9,13,15,18H,10-12H2,1H3. The summed E-state index contributed by atoms with van der Waals surface area (Å²) in [5.41, 5.74) is 1.29. The maximum atomic E-state index is 12.5. The Morgan fingerprint density at radius 2 is 2.10 bits per heavy atom. The third-order valence-corrected chi connectivity index (χ3v) is 3.97. The number of nitrogens with one attached hydrogen (secondary N) is 1. The van der Waals surface area contributed by atoms with E-state index in [-0.39, 0.29) is 18.0 Å². The first-order valence-electron chi connectivity index (χ1n) is 7.36. The van der Waals surface area contributed by atoms with Gasteiger partial charge in [0, 0.05) is 25.2 Å². The van der Waals surface area contributed by atoms with Gasteiger partial charge in [-0.05, 0) is 31.0 Å². The lowest BCUT2D eigenvalue weighted by Gasteiger charge is -2.38. The fourth-order valence-corrected chi connectivity index (χ4v) is 2.79. The molecular formula is C17H20N2O2. The zero-order valence-corrected chi connectivity index (χ0v) is 12.2. The molecule has 110 valence electrons. The van der Waals surface area contributed by atoms with E-state index in [2.05, 4.69) is 24.4 Å². The zero-order chi connectivity index (χ0) is 14.7. The molecule has 0 bridgehead atoms. The van der Waals surface area contributed by atoms with Crippen LogP contribution in [0.1, 0.15) is 23.0 Å². The summed E-state index contributed by atoms with van der Waals surface area (Å²) in [6, 6.07) is 14.3. The van der Waals surface area contributed by atoms with Gasteiger partial charge in [0.25, 0.3) is 5.91 Å². The van der Waals surface area contributed by atoms with E-state index in [0.29, 0.717) is 12.3 Å². The molecule has 0 aliphatic carbocycles. The van der Waals surface area contributed by atoms with Crippen LogP contribution in [-0.2, 0) is 6.42 Å². The highest BCUT2D eigenvalue weighted by molar-refractivity contribution is 5.91. The van der Waals surface area contributed by atoms with Crippen molar-refractivity contribution in [3.63, 3.8) is 0 Å².